The molecule has 1 aromatic rings. The zero-order valence-electron chi connectivity index (χ0n) is 10.0. The van der Waals surface area contributed by atoms with Crippen LogP contribution in [-0.4, -0.2) is 43.0 Å². The fraction of sp³-hybridized carbons (Fsp3) is 0.417. The summed E-state index contributed by atoms with van der Waals surface area (Å²) in [5, 5.41) is 21.1. The van der Waals surface area contributed by atoms with E-state index in [1.54, 1.807) is 0 Å². The Kier molecular flexibility index (Phi) is 5.70. The van der Waals surface area contributed by atoms with E-state index in [0.717, 1.165) is 7.11 Å². The third-order valence-corrected chi connectivity index (χ3v) is 2.42. The molecule has 0 amide bonds. The third kappa shape index (κ3) is 3.49. The molecule has 0 aliphatic heterocycles. The van der Waals surface area contributed by atoms with Gasteiger partial charge in [0.15, 0.2) is 0 Å². The number of benzene rings is 1. The zero-order valence-corrected chi connectivity index (χ0v) is 10.0. The van der Waals surface area contributed by atoms with Crippen LogP contribution in [0, 0.1) is 5.82 Å². The van der Waals surface area contributed by atoms with E-state index in [2.05, 4.69) is 10.1 Å². The molecule has 1 unspecified atom stereocenters. The van der Waals surface area contributed by atoms with Crippen LogP contribution in [0.15, 0.2) is 18.2 Å². The number of nitrogens with one attached hydrogen (secondary N) is 1. The fourth-order valence-corrected chi connectivity index (χ4v) is 1.50. The van der Waals surface area contributed by atoms with Gasteiger partial charge in [-0.2, -0.15) is 0 Å². The lowest BCUT2D eigenvalue weighted by molar-refractivity contribution is 0.0594. The predicted molar refractivity (Wildman–Crippen MR) is 62.7 cm³/mol. The molecule has 1 aromatic carbocycles. The first-order valence-electron chi connectivity index (χ1n) is 5.48. The third-order valence-electron chi connectivity index (χ3n) is 2.42. The summed E-state index contributed by atoms with van der Waals surface area (Å²) in [4.78, 5) is 11.3. The van der Waals surface area contributed by atoms with Crippen molar-refractivity contribution in [2.24, 2.45) is 0 Å². The van der Waals surface area contributed by atoms with Crippen LogP contribution in [0.4, 0.5) is 4.39 Å². The second kappa shape index (κ2) is 7.05. The summed E-state index contributed by atoms with van der Waals surface area (Å²) >= 11 is 0. The van der Waals surface area contributed by atoms with Crippen LogP contribution in [0.5, 0.6) is 0 Å². The minimum atomic E-state index is -1.10. The maximum atomic E-state index is 13.9. The first-order valence-corrected chi connectivity index (χ1v) is 5.48. The second-order valence-corrected chi connectivity index (χ2v) is 3.64. The van der Waals surface area contributed by atoms with Gasteiger partial charge in [0.2, 0.25) is 0 Å². The summed E-state index contributed by atoms with van der Waals surface area (Å²) in [6.45, 7) is 0.314. The summed E-state index contributed by atoms with van der Waals surface area (Å²) in [6, 6.07) is 4.16. The Balaban J connectivity index is 2.85. The van der Waals surface area contributed by atoms with Gasteiger partial charge >= 0.3 is 5.97 Å². The van der Waals surface area contributed by atoms with Gasteiger partial charge in [0, 0.05) is 18.7 Å². The number of rotatable bonds is 6. The summed E-state index contributed by atoms with van der Waals surface area (Å²) in [6.07, 6.45) is -1.10. The molecule has 1 rings (SSSR count). The van der Waals surface area contributed by atoms with Crippen LogP contribution in [0.3, 0.4) is 0 Å². The molecule has 0 fully saturated rings. The summed E-state index contributed by atoms with van der Waals surface area (Å²) in [5.74, 6) is -1.58. The van der Waals surface area contributed by atoms with Crippen molar-refractivity contribution in [3.63, 3.8) is 0 Å². The van der Waals surface area contributed by atoms with Gasteiger partial charge in [-0.05, 0) is 6.07 Å². The molecule has 0 bridgehead atoms. The SMILES string of the molecule is COC(=O)c1cccc(C(O)CNCCO)c1F. The van der Waals surface area contributed by atoms with Crippen molar-refractivity contribution >= 4 is 5.97 Å². The lowest BCUT2D eigenvalue weighted by atomic mass is 10.0. The Hall–Kier alpha value is -1.50. The highest BCUT2D eigenvalue weighted by Gasteiger charge is 2.19. The van der Waals surface area contributed by atoms with Crippen molar-refractivity contribution in [3.8, 4) is 0 Å². The van der Waals surface area contributed by atoms with Gasteiger partial charge in [-0.1, -0.05) is 12.1 Å². The number of aliphatic hydroxyl groups is 2. The molecule has 0 aliphatic carbocycles. The minimum Gasteiger partial charge on any atom is -0.465 e. The van der Waals surface area contributed by atoms with E-state index >= 15 is 0 Å². The number of ether oxygens (including phenoxy) is 1. The Morgan fingerprint density at radius 1 is 1.56 bits per heavy atom. The van der Waals surface area contributed by atoms with Crippen molar-refractivity contribution < 1.29 is 24.1 Å². The Labute approximate surface area is 104 Å². The van der Waals surface area contributed by atoms with Gasteiger partial charge in [-0.25, -0.2) is 9.18 Å². The molecule has 0 saturated carbocycles. The number of aliphatic hydroxyl groups excluding tert-OH is 2. The van der Waals surface area contributed by atoms with E-state index < -0.39 is 17.9 Å². The van der Waals surface area contributed by atoms with Crippen LogP contribution in [0.25, 0.3) is 0 Å². The highest BCUT2D eigenvalue weighted by molar-refractivity contribution is 5.89. The smallest absolute Gasteiger partial charge is 0.340 e. The van der Waals surface area contributed by atoms with Crippen molar-refractivity contribution in [1.29, 1.82) is 0 Å². The molecule has 5 nitrogen and oxygen atoms in total. The summed E-state index contributed by atoms with van der Waals surface area (Å²) in [5.41, 5.74) is -0.195. The molecule has 0 spiro atoms. The van der Waals surface area contributed by atoms with Gasteiger partial charge in [-0.3, -0.25) is 0 Å². The Morgan fingerprint density at radius 2 is 2.28 bits per heavy atom. The molecule has 0 saturated heterocycles. The Bertz CT molecular complexity index is 411. The van der Waals surface area contributed by atoms with Gasteiger partial charge in [0.05, 0.1) is 25.4 Å². The lowest BCUT2D eigenvalue weighted by Crippen LogP contribution is -2.25. The van der Waals surface area contributed by atoms with Crippen molar-refractivity contribution in [2.45, 2.75) is 6.10 Å². The summed E-state index contributed by atoms with van der Waals surface area (Å²) < 4.78 is 18.4. The van der Waals surface area contributed by atoms with Crippen LogP contribution in [0.1, 0.15) is 22.0 Å². The quantitative estimate of drug-likeness (QED) is 0.502. The average molecular weight is 257 g/mol. The number of hydrogen-bond acceptors (Lipinski definition) is 5. The first kappa shape index (κ1) is 14.6. The lowest BCUT2D eigenvalue weighted by Gasteiger charge is -2.14. The van der Waals surface area contributed by atoms with E-state index in [0.29, 0.717) is 6.54 Å². The first-order chi connectivity index (χ1) is 8.61. The maximum absolute atomic E-state index is 13.9. The van der Waals surface area contributed by atoms with Crippen molar-refractivity contribution in [2.75, 3.05) is 26.8 Å². The highest BCUT2D eigenvalue weighted by Crippen LogP contribution is 2.20. The molecule has 0 aliphatic rings. The number of halogens is 1. The fourth-order valence-electron chi connectivity index (χ4n) is 1.50. The second-order valence-electron chi connectivity index (χ2n) is 3.64. The molecule has 0 aromatic heterocycles. The number of methoxy groups -OCH3 is 1. The standard InChI is InChI=1S/C12H16FNO4/c1-18-12(17)9-4-2-3-8(11(9)13)10(16)7-14-5-6-15/h2-4,10,14-16H,5-7H2,1H3. The molecular weight excluding hydrogens is 241 g/mol. The van der Waals surface area contributed by atoms with E-state index in [-0.39, 0.29) is 24.3 Å². The largest absolute Gasteiger partial charge is 0.465 e. The minimum absolute atomic E-state index is 0.0170. The van der Waals surface area contributed by atoms with Crippen LogP contribution in [0.2, 0.25) is 0 Å². The maximum Gasteiger partial charge on any atom is 0.340 e. The number of hydrogen-bond donors (Lipinski definition) is 3. The highest BCUT2D eigenvalue weighted by atomic mass is 19.1. The van der Waals surface area contributed by atoms with Crippen LogP contribution >= 0.6 is 0 Å². The van der Waals surface area contributed by atoms with Gasteiger partial charge < -0.3 is 20.3 Å². The average Bonchev–Trinajstić information content (AvgIpc) is 2.38. The van der Waals surface area contributed by atoms with Gasteiger partial charge in [0.1, 0.15) is 5.82 Å². The molecule has 0 radical (unpaired) electrons. The normalized spacial score (nSPS) is 12.2. The van der Waals surface area contributed by atoms with Gasteiger partial charge in [-0.15, -0.1) is 0 Å². The van der Waals surface area contributed by atoms with Crippen LogP contribution in [-0.2, 0) is 4.74 Å². The molecule has 6 heteroatoms. The van der Waals surface area contributed by atoms with Crippen LogP contribution < -0.4 is 5.32 Å². The van der Waals surface area contributed by atoms with Gasteiger partial charge in [0.25, 0.3) is 0 Å². The predicted octanol–water partition coefficient (Wildman–Crippen LogP) is 0.228. The number of carbonyl (C=O) groups excluding carboxylic acids is 1. The van der Waals surface area contributed by atoms with E-state index in [1.807, 2.05) is 0 Å². The topological polar surface area (TPSA) is 78.8 Å². The van der Waals surface area contributed by atoms with E-state index in [4.69, 9.17) is 5.11 Å². The van der Waals surface area contributed by atoms with Crippen molar-refractivity contribution in [1.82, 2.24) is 5.32 Å². The van der Waals surface area contributed by atoms with E-state index in [9.17, 15) is 14.3 Å². The monoisotopic (exact) mass is 257 g/mol. The van der Waals surface area contributed by atoms with E-state index in [1.165, 1.54) is 18.2 Å². The molecule has 100 valence electrons. The van der Waals surface area contributed by atoms with Crippen molar-refractivity contribution in [3.05, 3.63) is 35.1 Å². The Morgan fingerprint density at radius 3 is 2.89 bits per heavy atom. The number of esters is 1. The number of carbonyl (C=O) groups is 1. The zero-order chi connectivity index (χ0) is 13.5. The summed E-state index contributed by atoms with van der Waals surface area (Å²) in [7, 11) is 1.16. The molecule has 18 heavy (non-hydrogen) atoms. The molecule has 0 heterocycles. The molecule has 3 N–H and O–H groups in total. The molecule has 1 atom stereocenters. The molecular formula is C12H16FNO4.